The van der Waals surface area contributed by atoms with Gasteiger partial charge in [-0.15, -0.1) is 0 Å². The van der Waals surface area contributed by atoms with E-state index in [4.69, 9.17) is 5.11 Å². The fourth-order valence-corrected chi connectivity index (χ4v) is 3.99. The molecule has 1 unspecified atom stereocenters. The molecule has 0 aliphatic heterocycles. The topological polar surface area (TPSA) is 113 Å². The van der Waals surface area contributed by atoms with Gasteiger partial charge in [0, 0.05) is 5.39 Å². The summed E-state index contributed by atoms with van der Waals surface area (Å²) in [4.78, 5) is 37.0. The first-order chi connectivity index (χ1) is 13.4. The van der Waals surface area contributed by atoms with Crippen LogP contribution in [0.1, 0.15) is 49.0 Å². The maximum absolute atomic E-state index is 13.3. The average Bonchev–Trinajstić information content (AvgIpc) is 3.30. The second kappa shape index (κ2) is 6.70. The summed E-state index contributed by atoms with van der Waals surface area (Å²) in [7, 11) is 0. The summed E-state index contributed by atoms with van der Waals surface area (Å²) in [5, 5.41) is 22.9. The molecule has 8 heteroatoms. The van der Waals surface area contributed by atoms with Gasteiger partial charge in [-0.25, -0.2) is 9.20 Å². The van der Waals surface area contributed by atoms with E-state index < -0.39 is 34.8 Å². The van der Waals surface area contributed by atoms with Crippen molar-refractivity contribution in [1.82, 2.24) is 14.5 Å². The number of aliphatic carboxylic acids is 1. The number of aromatic nitrogens is 2. The van der Waals surface area contributed by atoms with E-state index in [1.54, 1.807) is 15.3 Å². The fraction of sp³-hybridized carbons (Fsp3) is 0.350. The zero-order valence-electron chi connectivity index (χ0n) is 15.4. The molecule has 0 radical (unpaired) electrons. The molecule has 146 valence electrons. The van der Waals surface area contributed by atoms with Crippen LogP contribution in [0.4, 0.5) is 0 Å². The van der Waals surface area contributed by atoms with Crippen molar-refractivity contribution in [3.05, 3.63) is 46.2 Å². The third-order valence-corrected chi connectivity index (χ3v) is 5.42. The van der Waals surface area contributed by atoms with E-state index in [0.29, 0.717) is 5.52 Å². The van der Waals surface area contributed by atoms with E-state index in [2.05, 4.69) is 5.32 Å². The number of nitrogens with one attached hydrogen (secondary N) is 1. The highest BCUT2D eigenvalue weighted by molar-refractivity contribution is 6.01. The number of amides is 1. The summed E-state index contributed by atoms with van der Waals surface area (Å²) in [6, 6.07) is 7.90. The van der Waals surface area contributed by atoms with Crippen molar-refractivity contribution in [2.45, 2.75) is 44.7 Å². The molecular weight excluding hydrogens is 362 g/mol. The predicted molar refractivity (Wildman–Crippen MR) is 103 cm³/mol. The molecule has 1 aliphatic rings. The second-order valence-corrected chi connectivity index (χ2v) is 7.25. The van der Waals surface area contributed by atoms with Gasteiger partial charge in [0.05, 0.1) is 11.6 Å². The number of hydrogen-bond acceptors (Lipinski definition) is 4. The number of rotatable bonds is 4. The third kappa shape index (κ3) is 2.72. The van der Waals surface area contributed by atoms with Gasteiger partial charge in [0.2, 0.25) is 0 Å². The molecular formula is C20H21N3O5. The van der Waals surface area contributed by atoms with Crippen molar-refractivity contribution in [3.63, 3.8) is 0 Å². The van der Waals surface area contributed by atoms with Gasteiger partial charge in [0.25, 0.3) is 11.5 Å². The minimum absolute atomic E-state index is 0.0881. The fourth-order valence-electron chi connectivity index (χ4n) is 3.99. The predicted octanol–water partition coefficient (Wildman–Crippen LogP) is 2.28. The Morgan fingerprint density at radius 3 is 2.54 bits per heavy atom. The first-order valence-electron chi connectivity index (χ1n) is 9.31. The standard InChI is InChI=1S/C20H21N3O5/c1-11(20(27)28)21-18(25)16-17(24)15-10-12-6-2-5-9-14(12)23(15)22(19(16)26)13-7-3-4-8-13/h2,5-6,9-11,13,24H,3-4,7-8H2,1H3,(H,21,25)(H,27,28). The summed E-state index contributed by atoms with van der Waals surface area (Å²) >= 11 is 0. The number of aromatic hydroxyl groups is 1. The molecule has 0 spiro atoms. The van der Waals surface area contributed by atoms with Gasteiger partial charge in [0.15, 0.2) is 5.75 Å². The normalized spacial score (nSPS) is 15.9. The highest BCUT2D eigenvalue weighted by atomic mass is 16.4. The minimum Gasteiger partial charge on any atom is -0.505 e. The van der Waals surface area contributed by atoms with Gasteiger partial charge >= 0.3 is 5.97 Å². The maximum atomic E-state index is 13.3. The van der Waals surface area contributed by atoms with Crippen molar-refractivity contribution >= 4 is 28.3 Å². The Balaban J connectivity index is 2.01. The van der Waals surface area contributed by atoms with Crippen LogP contribution in [0.5, 0.6) is 5.75 Å². The Labute approximate surface area is 160 Å². The highest BCUT2D eigenvalue weighted by Gasteiger charge is 2.29. The molecule has 2 aromatic heterocycles. The van der Waals surface area contributed by atoms with Crippen LogP contribution in [0.3, 0.4) is 0 Å². The number of benzene rings is 1. The van der Waals surface area contributed by atoms with Crippen molar-refractivity contribution < 1.29 is 19.8 Å². The highest BCUT2D eigenvalue weighted by Crippen LogP contribution is 2.33. The summed E-state index contributed by atoms with van der Waals surface area (Å²) in [5.74, 6) is -2.55. The maximum Gasteiger partial charge on any atom is 0.325 e. The number of carbonyl (C=O) groups is 2. The van der Waals surface area contributed by atoms with E-state index in [-0.39, 0.29) is 6.04 Å². The quantitative estimate of drug-likeness (QED) is 0.640. The molecule has 0 saturated heterocycles. The molecule has 3 aromatic rings. The summed E-state index contributed by atoms with van der Waals surface area (Å²) in [6.07, 6.45) is 3.57. The molecule has 2 heterocycles. The van der Waals surface area contributed by atoms with Crippen LogP contribution in [0.2, 0.25) is 0 Å². The lowest BCUT2D eigenvalue weighted by molar-refractivity contribution is -0.138. The molecule has 1 aliphatic carbocycles. The van der Waals surface area contributed by atoms with Crippen LogP contribution in [-0.4, -0.2) is 37.3 Å². The van der Waals surface area contributed by atoms with Crippen LogP contribution < -0.4 is 10.9 Å². The number of nitrogens with zero attached hydrogens (tertiary/aromatic N) is 2. The smallest absolute Gasteiger partial charge is 0.325 e. The van der Waals surface area contributed by atoms with Gasteiger partial charge in [0.1, 0.15) is 17.1 Å². The van der Waals surface area contributed by atoms with Crippen LogP contribution in [0.25, 0.3) is 16.4 Å². The third-order valence-electron chi connectivity index (χ3n) is 5.42. The van der Waals surface area contributed by atoms with E-state index in [1.807, 2.05) is 24.3 Å². The van der Waals surface area contributed by atoms with E-state index in [0.717, 1.165) is 36.6 Å². The first-order valence-corrected chi connectivity index (χ1v) is 9.31. The van der Waals surface area contributed by atoms with Crippen LogP contribution in [-0.2, 0) is 4.79 Å². The van der Waals surface area contributed by atoms with Gasteiger partial charge in [-0.05, 0) is 31.9 Å². The Morgan fingerprint density at radius 2 is 1.86 bits per heavy atom. The molecule has 1 saturated carbocycles. The van der Waals surface area contributed by atoms with Crippen molar-refractivity contribution in [2.75, 3.05) is 0 Å². The van der Waals surface area contributed by atoms with Gasteiger partial charge in [-0.3, -0.25) is 14.4 Å². The lowest BCUT2D eigenvalue weighted by Gasteiger charge is -2.20. The average molecular weight is 383 g/mol. The van der Waals surface area contributed by atoms with Crippen LogP contribution in [0, 0.1) is 0 Å². The van der Waals surface area contributed by atoms with Crippen molar-refractivity contribution in [2.24, 2.45) is 0 Å². The molecule has 1 aromatic carbocycles. The molecule has 8 nitrogen and oxygen atoms in total. The summed E-state index contributed by atoms with van der Waals surface area (Å²) in [6.45, 7) is 1.30. The number of carbonyl (C=O) groups excluding carboxylic acids is 1. The summed E-state index contributed by atoms with van der Waals surface area (Å²) in [5.41, 5.74) is 0.0761. The minimum atomic E-state index is -1.22. The van der Waals surface area contributed by atoms with Gasteiger partial charge in [-0.2, -0.15) is 0 Å². The molecule has 0 bridgehead atoms. The van der Waals surface area contributed by atoms with Crippen LogP contribution in [0.15, 0.2) is 35.1 Å². The lowest BCUT2D eigenvalue weighted by atomic mass is 10.2. The second-order valence-electron chi connectivity index (χ2n) is 7.25. The molecule has 28 heavy (non-hydrogen) atoms. The van der Waals surface area contributed by atoms with Crippen LogP contribution >= 0.6 is 0 Å². The lowest BCUT2D eigenvalue weighted by Crippen LogP contribution is -2.42. The Hall–Kier alpha value is -3.29. The largest absolute Gasteiger partial charge is 0.505 e. The molecule has 1 amide bonds. The summed E-state index contributed by atoms with van der Waals surface area (Å²) < 4.78 is 3.23. The van der Waals surface area contributed by atoms with Gasteiger partial charge in [-0.1, -0.05) is 31.0 Å². The van der Waals surface area contributed by atoms with Crippen molar-refractivity contribution in [3.8, 4) is 5.75 Å². The zero-order valence-corrected chi connectivity index (χ0v) is 15.4. The molecule has 1 fully saturated rings. The number of carboxylic acids is 1. The van der Waals surface area contributed by atoms with E-state index in [9.17, 15) is 19.5 Å². The number of carboxylic acid groups (broad SMARTS) is 1. The monoisotopic (exact) mass is 383 g/mol. The molecule has 1 atom stereocenters. The van der Waals surface area contributed by atoms with Gasteiger partial charge < -0.3 is 15.5 Å². The van der Waals surface area contributed by atoms with Crippen molar-refractivity contribution in [1.29, 1.82) is 0 Å². The molecule has 3 N–H and O–H groups in total. The van der Waals surface area contributed by atoms with E-state index in [1.165, 1.54) is 6.92 Å². The zero-order chi connectivity index (χ0) is 20.0. The number of hydrogen-bond donors (Lipinski definition) is 3. The SMILES string of the molecule is CC(NC(=O)c1c(O)c2cc3ccccc3n2n(C2CCCC2)c1=O)C(=O)O. The first kappa shape index (κ1) is 18.1. The Kier molecular flexibility index (Phi) is 4.33. The number of fused-ring (bicyclic) bond motifs is 3. The number of para-hydroxylation sites is 1. The Bertz CT molecular complexity index is 1150. The molecule has 4 rings (SSSR count). The Morgan fingerprint density at radius 1 is 1.18 bits per heavy atom. The van der Waals surface area contributed by atoms with E-state index >= 15 is 0 Å².